The quantitative estimate of drug-likeness (QED) is 0.216. The summed E-state index contributed by atoms with van der Waals surface area (Å²) in [6.07, 6.45) is 2.67. The fourth-order valence-corrected chi connectivity index (χ4v) is 1.73. The summed E-state index contributed by atoms with van der Waals surface area (Å²) in [7, 11) is 0. The highest BCUT2D eigenvalue weighted by Crippen LogP contribution is 2.11. The molecule has 0 spiro atoms. The fraction of sp³-hybridized carbons (Fsp3) is 0.588. The van der Waals surface area contributed by atoms with Crippen molar-refractivity contribution in [2.75, 3.05) is 6.61 Å². The van der Waals surface area contributed by atoms with E-state index in [1.54, 1.807) is 6.92 Å². The molecule has 0 N–H and O–H groups in total. The number of aryl methyl sites for hydroxylation is 1. The second-order valence-corrected chi connectivity index (χ2v) is 5.32. The Morgan fingerprint density at radius 1 is 1.14 bits per heavy atom. The van der Waals surface area contributed by atoms with Crippen molar-refractivity contribution in [3.05, 3.63) is 35.9 Å². The number of unbranched alkanes of at least 4 members (excludes halogenated alkanes) is 1. The summed E-state index contributed by atoms with van der Waals surface area (Å²) in [4.78, 5) is 21.6. The number of rotatable bonds is 10. The summed E-state index contributed by atoms with van der Waals surface area (Å²) in [5.41, 5.74) is 1.33. The normalized spacial score (nSPS) is 12.4. The molecule has 0 saturated carbocycles. The lowest BCUT2D eigenvalue weighted by atomic mass is 10.1. The van der Waals surface area contributed by atoms with E-state index in [4.69, 9.17) is 14.5 Å². The third kappa shape index (κ3) is 7.83. The van der Waals surface area contributed by atoms with Gasteiger partial charge < -0.3 is 4.74 Å². The summed E-state index contributed by atoms with van der Waals surface area (Å²) in [5, 5.41) is 0. The van der Waals surface area contributed by atoms with Gasteiger partial charge in [-0.2, -0.15) is 4.89 Å². The van der Waals surface area contributed by atoms with Crippen molar-refractivity contribution in [1.82, 2.24) is 0 Å². The molecule has 1 aromatic carbocycles. The average Bonchev–Trinajstić information content (AvgIpc) is 2.50. The molecule has 21 heavy (non-hydrogen) atoms. The van der Waals surface area contributed by atoms with E-state index in [1.807, 2.05) is 32.0 Å². The molecule has 4 heteroatoms. The average molecular weight is 294 g/mol. The van der Waals surface area contributed by atoms with Crippen LogP contribution in [0.2, 0.25) is 0 Å². The molecule has 1 rings (SSSR count). The molecule has 1 aromatic rings. The molecule has 118 valence electrons. The van der Waals surface area contributed by atoms with E-state index in [9.17, 15) is 4.79 Å². The Morgan fingerprint density at radius 2 is 1.86 bits per heavy atom. The number of ether oxygens (including phenoxy) is 1. The molecule has 0 aliphatic heterocycles. The molecule has 1 atom stereocenters. The Kier molecular flexibility index (Phi) is 8.71. The highest BCUT2D eigenvalue weighted by molar-refractivity contribution is 5.68. The van der Waals surface area contributed by atoms with E-state index in [0.29, 0.717) is 13.0 Å². The molecule has 0 aliphatic rings. The summed E-state index contributed by atoms with van der Waals surface area (Å²) in [6, 6.07) is 10.4. The van der Waals surface area contributed by atoms with Crippen molar-refractivity contribution >= 4 is 5.97 Å². The minimum atomic E-state index is -0.633. The van der Waals surface area contributed by atoms with Gasteiger partial charge in [0.1, 0.15) is 0 Å². The zero-order valence-electron chi connectivity index (χ0n) is 13.2. The molecule has 0 amide bonds. The van der Waals surface area contributed by atoms with Gasteiger partial charge in [0.15, 0.2) is 0 Å². The lowest BCUT2D eigenvalue weighted by molar-refractivity contribution is -0.379. The van der Waals surface area contributed by atoms with Crippen LogP contribution in [0.1, 0.15) is 45.6 Å². The van der Waals surface area contributed by atoms with Gasteiger partial charge in [0, 0.05) is 12.3 Å². The number of carbonyl (C=O) groups excluding carboxylic acids is 1. The molecular weight excluding hydrogens is 268 g/mol. The lowest BCUT2D eigenvalue weighted by Gasteiger charge is -2.19. The van der Waals surface area contributed by atoms with Gasteiger partial charge in [-0.1, -0.05) is 51.1 Å². The SMILES string of the molecule is CCC(=O)OC(OOCCCCc1ccccc1)C(C)C. The summed E-state index contributed by atoms with van der Waals surface area (Å²) in [5.74, 6) is -0.216. The van der Waals surface area contributed by atoms with Crippen LogP contribution in [0.4, 0.5) is 0 Å². The van der Waals surface area contributed by atoms with Crippen LogP contribution in [0.15, 0.2) is 30.3 Å². The first kappa shape index (κ1) is 17.7. The maximum atomic E-state index is 11.3. The van der Waals surface area contributed by atoms with Gasteiger partial charge in [0.25, 0.3) is 0 Å². The van der Waals surface area contributed by atoms with Crippen LogP contribution in [-0.4, -0.2) is 18.9 Å². The first-order valence-electron chi connectivity index (χ1n) is 7.65. The summed E-state index contributed by atoms with van der Waals surface area (Å²) < 4.78 is 5.15. The lowest BCUT2D eigenvalue weighted by Crippen LogP contribution is -2.26. The largest absolute Gasteiger partial charge is 0.433 e. The van der Waals surface area contributed by atoms with E-state index >= 15 is 0 Å². The Bertz CT molecular complexity index is 389. The third-order valence-corrected chi connectivity index (χ3v) is 3.03. The van der Waals surface area contributed by atoms with Gasteiger partial charge in [0.05, 0.1) is 6.61 Å². The molecule has 4 nitrogen and oxygen atoms in total. The maximum absolute atomic E-state index is 11.3. The number of hydrogen-bond acceptors (Lipinski definition) is 4. The smallest absolute Gasteiger partial charge is 0.307 e. The molecule has 0 bridgehead atoms. The van der Waals surface area contributed by atoms with Crippen LogP contribution in [0.25, 0.3) is 0 Å². The Balaban J connectivity index is 2.12. The van der Waals surface area contributed by atoms with Crippen LogP contribution in [0.5, 0.6) is 0 Å². The van der Waals surface area contributed by atoms with Crippen LogP contribution in [-0.2, 0) is 25.7 Å². The molecule has 0 radical (unpaired) electrons. The standard InChI is InChI=1S/C17H26O4/c1-4-16(18)20-17(14(2)3)21-19-13-9-8-12-15-10-6-5-7-11-15/h5-7,10-11,14,17H,4,8-9,12-13H2,1-3H3. The Hall–Kier alpha value is -1.39. The topological polar surface area (TPSA) is 44.8 Å². The van der Waals surface area contributed by atoms with Crippen molar-refractivity contribution in [3.63, 3.8) is 0 Å². The molecule has 1 unspecified atom stereocenters. The predicted molar refractivity (Wildman–Crippen MR) is 81.4 cm³/mol. The van der Waals surface area contributed by atoms with E-state index in [2.05, 4.69) is 12.1 Å². The predicted octanol–water partition coefficient (Wildman–Crippen LogP) is 3.89. The Labute approximate surface area is 127 Å². The monoisotopic (exact) mass is 294 g/mol. The number of esters is 1. The minimum Gasteiger partial charge on any atom is -0.433 e. The first-order valence-corrected chi connectivity index (χ1v) is 7.65. The van der Waals surface area contributed by atoms with Crippen molar-refractivity contribution in [2.24, 2.45) is 5.92 Å². The number of carbonyl (C=O) groups is 1. The van der Waals surface area contributed by atoms with E-state index in [-0.39, 0.29) is 11.9 Å². The Morgan fingerprint density at radius 3 is 2.48 bits per heavy atom. The van der Waals surface area contributed by atoms with Crippen LogP contribution < -0.4 is 0 Å². The van der Waals surface area contributed by atoms with Crippen molar-refractivity contribution in [3.8, 4) is 0 Å². The van der Waals surface area contributed by atoms with Crippen molar-refractivity contribution < 1.29 is 19.3 Å². The molecular formula is C17H26O4. The number of hydrogen-bond donors (Lipinski definition) is 0. The zero-order chi connectivity index (χ0) is 15.5. The van der Waals surface area contributed by atoms with Gasteiger partial charge in [-0.25, -0.2) is 4.89 Å². The van der Waals surface area contributed by atoms with Crippen LogP contribution in [0, 0.1) is 5.92 Å². The maximum Gasteiger partial charge on any atom is 0.307 e. The van der Waals surface area contributed by atoms with Gasteiger partial charge in [-0.05, 0) is 24.8 Å². The van der Waals surface area contributed by atoms with Gasteiger partial charge in [-0.15, -0.1) is 0 Å². The van der Waals surface area contributed by atoms with Crippen LogP contribution in [0.3, 0.4) is 0 Å². The molecule has 0 fully saturated rings. The third-order valence-electron chi connectivity index (χ3n) is 3.03. The fourth-order valence-electron chi connectivity index (χ4n) is 1.73. The molecule has 0 aliphatic carbocycles. The van der Waals surface area contributed by atoms with E-state index < -0.39 is 6.29 Å². The van der Waals surface area contributed by atoms with Crippen LogP contribution >= 0.6 is 0 Å². The summed E-state index contributed by atoms with van der Waals surface area (Å²) in [6.45, 7) is 6.10. The first-order chi connectivity index (χ1) is 10.1. The van der Waals surface area contributed by atoms with E-state index in [0.717, 1.165) is 19.3 Å². The highest BCUT2D eigenvalue weighted by Gasteiger charge is 2.19. The van der Waals surface area contributed by atoms with Gasteiger partial charge >= 0.3 is 5.97 Å². The second-order valence-electron chi connectivity index (χ2n) is 5.32. The van der Waals surface area contributed by atoms with Crippen molar-refractivity contribution in [2.45, 2.75) is 52.7 Å². The summed E-state index contributed by atoms with van der Waals surface area (Å²) >= 11 is 0. The van der Waals surface area contributed by atoms with Gasteiger partial charge in [0.2, 0.25) is 6.29 Å². The second kappa shape index (κ2) is 10.4. The van der Waals surface area contributed by atoms with Gasteiger partial charge in [-0.3, -0.25) is 4.79 Å². The van der Waals surface area contributed by atoms with Crippen molar-refractivity contribution in [1.29, 1.82) is 0 Å². The zero-order valence-corrected chi connectivity index (χ0v) is 13.2. The molecule has 0 aromatic heterocycles. The number of benzene rings is 1. The minimum absolute atomic E-state index is 0.0600. The molecule has 0 saturated heterocycles. The highest BCUT2D eigenvalue weighted by atomic mass is 17.2. The molecule has 0 heterocycles. The van der Waals surface area contributed by atoms with E-state index in [1.165, 1.54) is 5.56 Å².